The van der Waals surface area contributed by atoms with Gasteiger partial charge in [-0.3, -0.25) is 0 Å². The fourth-order valence-corrected chi connectivity index (χ4v) is 2.78. The summed E-state index contributed by atoms with van der Waals surface area (Å²) in [4.78, 5) is 0. The number of rotatable bonds is 2. The third-order valence-corrected chi connectivity index (χ3v) is 3.98. The minimum atomic E-state index is -0.631. The second-order valence-corrected chi connectivity index (χ2v) is 5.30. The van der Waals surface area contributed by atoms with Crippen LogP contribution >= 0.6 is 0 Å². The minimum Gasteiger partial charge on any atom is -0.390 e. The topological polar surface area (TPSA) is 57.2 Å². The van der Waals surface area contributed by atoms with Crippen LogP contribution in [0, 0.1) is 5.92 Å². The molecule has 1 N–H and O–H groups in total. The lowest BCUT2D eigenvalue weighted by Crippen LogP contribution is -2.58. The van der Waals surface area contributed by atoms with Crippen molar-refractivity contribution in [2.45, 2.75) is 37.8 Å². The molecule has 1 aromatic rings. The number of methoxy groups -OCH3 is 1. The van der Waals surface area contributed by atoms with E-state index in [4.69, 9.17) is 18.9 Å². The zero-order valence-electron chi connectivity index (χ0n) is 11.6. The van der Waals surface area contributed by atoms with Crippen LogP contribution in [0.1, 0.15) is 18.8 Å². The van der Waals surface area contributed by atoms with Crippen LogP contribution in [0.3, 0.4) is 0 Å². The number of hydrogen-bond donors (Lipinski definition) is 1. The highest BCUT2D eigenvalue weighted by molar-refractivity contribution is 5.16. The molecule has 20 heavy (non-hydrogen) atoms. The van der Waals surface area contributed by atoms with Crippen LogP contribution in [0.15, 0.2) is 30.3 Å². The summed E-state index contributed by atoms with van der Waals surface area (Å²) in [6, 6.07) is 9.71. The van der Waals surface area contributed by atoms with Crippen molar-refractivity contribution in [1.82, 2.24) is 0 Å². The predicted octanol–water partition coefficient (Wildman–Crippen LogP) is 1.47. The van der Waals surface area contributed by atoms with Gasteiger partial charge < -0.3 is 24.1 Å². The molecule has 2 heterocycles. The average Bonchev–Trinajstić information content (AvgIpc) is 2.51. The Kier molecular flexibility index (Phi) is 4.05. The van der Waals surface area contributed by atoms with Gasteiger partial charge in [-0.1, -0.05) is 37.3 Å². The van der Waals surface area contributed by atoms with E-state index in [-0.39, 0.29) is 12.0 Å². The Balaban J connectivity index is 1.74. The summed E-state index contributed by atoms with van der Waals surface area (Å²) in [5, 5.41) is 10.4. The summed E-state index contributed by atoms with van der Waals surface area (Å²) in [5.41, 5.74) is 0.944. The van der Waals surface area contributed by atoms with Crippen molar-refractivity contribution in [2.24, 2.45) is 5.92 Å². The summed E-state index contributed by atoms with van der Waals surface area (Å²) in [5.74, 6) is -0.143. The third kappa shape index (κ3) is 2.47. The summed E-state index contributed by atoms with van der Waals surface area (Å²) >= 11 is 0. The van der Waals surface area contributed by atoms with Crippen molar-refractivity contribution < 1.29 is 24.1 Å². The van der Waals surface area contributed by atoms with Crippen LogP contribution < -0.4 is 0 Å². The maximum absolute atomic E-state index is 10.4. The van der Waals surface area contributed by atoms with Crippen LogP contribution in [0.5, 0.6) is 0 Å². The summed E-state index contributed by atoms with van der Waals surface area (Å²) in [7, 11) is 1.57. The number of aliphatic hydroxyl groups excluding tert-OH is 1. The first kappa shape index (κ1) is 14.0. The van der Waals surface area contributed by atoms with E-state index >= 15 is 0 Å². The van der Waals surface area contributed by atoms with Gasteiger partial charge in [0.05, 0.1) is 12.7 Å². The third-order valence-electron chi connectivity index (χ3n) is 3.98. The van der Waals surface area contributed by atoms with E-state index in [1.807, 2.05) is 37.3 Å². The highest BCUT2D eigenvalue weighted by Crippen LogP contribution is 2.36. The largest absolute Gasteiger partial charge is 0.390 e. The van der Waals surface area contributed by atoms with E-state index in [0.717, 1.165) is 5.56 Å². The van der Waals surface area contributed by atoms with Gasteiger partial charge in [0.1, 0.15) is 12.2 Å². The van der Waals surface area contributed by atoms with Crippen molar-refractivity contribution in [3.63, 3.8) is 0 Å². The van der Waals surface area contributed by atoms with Gasteiger partial charge in [0, 0.05) is 18.6 Å². The summed E-state index contributed by atoms with van der Waals surface area (Å²) in [6.07, 6.45) is -2.20. The van der Waals surface area contributed by atoms with E-state index in [1.54, 1.807) is 7.11 Å². The second kappa shape index (κ2) is 5.79. The molecule has 110 valence electrons. The standard InChI is InChI=1S/C15H20O5/c1-9-12(16)13-11(19-14(9)17-2)8-18-15(20-13)10-6-4-3-5-7-10/h3-7,9,11-16H,8H2,1-2H3. The van der Waals surface area contributed by atoms with Crippen LogP contribution in [0.2, 0.25) is 0 Å². The molecule has 3 rings (SSSR count). The normalized spacial score (nSPS) is 41.1. The molecule has 2 saturated heterocycles. The van der Waals surface area contributed by atoms with E-state index in [2.05, 4.69) is 0 Å². The number of benzene rings is 1. The van der Waals surface area contributed by atoms with E-state index in [9.17, 15) is 5.11 Å². The molecular weight excluding hydrogens is 260 g/mol. The number of ether oxygens (including phenoxy) is 4. The highest BCUT2D eigenvalue weighted by Gasteiger charge is 2.47. The number of hydrogen-bond acceptors (Lipinski definition) is 5. The predicted molar refractivity (Wildman–Crippen MR) is 70.8 cm³/mol. The fourth-order valence-electron chi connectivity index (χ4n) is 2.78. The molecule has 6 atom stereocenters. The van der Waals surface area contributed by atoms with Crippen LogP contribution in [-0.4, -0.2) is 43.4 Å². The monoisotopic (exact) mass is 280 g/mol. The molecule has 0 amide bonds. The zero-order valence-corrected chi connectivity index (χ0v) is 11.6. The molecule has 1 aromatic carbocycles. The van der Waals surface area contributed by atoms with E-state index in [1.165, 1.54) is 0 Å². The molecule has 0 radical (unpaired) electrons. The number of aliphatic hydroxyl groups is 1. The van der Waals surface area contributed by atoms with Crippen molar-refractivity contribution in [1.29, 1.82) is 0 Å². The Hall–Kier alpha value is -0.980. The Bertz CT molecular complexity index is 435. The maximum Gasteiger partial charge on any atom is 0.184 e. The molecule has 2 fully saturated rings. The molecule has 0 saturated carbocycles. The average molecular weight is 280 g/mol. The SMILES string of the molecule is COC1OC2COC(c3ccccc3)OC2C(O)C1C. The van der Waals surface area contributed by atoms with Crippen LogP contribution in [0.25, 0.3) is 0 Å². The van der Waals surface area contributed by atoms with Gasteiger partial charge in [-0.05, 0) is 0 Å². The molecule has 5 nitrogen and oxygen atoms in total. The highest BCUT2D eigenvalue weighted by atomic mass is 16.7. The lowest BCUT2D eigenvalue weighted by Gasteiger charge is -2.46. The maximum atomic E-state index is 10.4. The Morgan fingerprint density at radius 3 is 2.65 bits per heavy atom. The summed E-state index contributed by atoms with van der Waals surface area (Å²) < 4.78 is 22.6. The molecule has 0 bridgehead atoms. The van der Waals surface area contributed by atoms with Crippen molar-refractivity contribution in [2.75, 3.05) is 13.7 Å². The molecule has 5 heteroatoms. The lowest BCUT2D eigenvalue weighted by molar-refractivity contribution is -0.348. The van der Waals surface area contributed by atoms with Crippen LogP contribution in [-0.2, 0) is 18.9 Å². The molecule has 2 aliphatic heterocycles. The first-order chi connectivity index (χ1) is 9.70. The quantitative estimate of drug-likeness (QED) is 0.889. The van der Waals surface area contributed by atoms with Gasteiger partial charge in [-0.15, -0.1) is 0 Å². The van der Waals surface area contributed by atoms with E-state index < -0.39 is 24.8 Å². The van der Waals surface area contributed by atoms with Gasteiger partial charge in [0.25, 0.3) is 0 Å². The molecule has 0 aliphatic carbocycles. The molecule has 6 unspecified atom stereocenters. The minimum absolute atomic E-state index is 0.143. The lowest BCUT2D eigenvalue weighted by atomic mass is 9.91. The van der Waals surface area contributed by atoms with Gasteiger partial charge >= 0.3 is 0 Å². The van der Waals surface area contributed by atoms with E-state index in [0.29, 0.717) is 6.61 Å². The van der Waals surface area contributed by atoms with Gasteiger partial charge in [-0.2, -0.15) is 0 Å². The van der Waals surface area contributed by atoms with Crippen LogP contribution in [0.4, 0.5) is 0 Å². The Labute approximate surface area is 118 Å². The molecule has 0 spiro atoms. The van der Waals surface area contributed by atoms with Crippen molar-refractivity contribution >= 4 is 0 Å². The van der Waals surface area contributed by atoms with Crippen molar-refractivity contribution in [3.8, 4) is 0 Å². The molecule has 0 aromatic heterocycles. The van der Waals surface area contributed by atoms with Gasteiger partial charge in [0.2, 0.25) is 0 Å². The fraction of sp³-hybridized carbons (Fsp3) is 0.600. The second-order valence-electron chi connectivity index (χ2n) is 5.30. The molecule has 2 aliphatic rings. The Morgan fingerprint density at radius 1 is 1.20 bits per heavy atom. The zero-order chi connectivity index (χ0) is 14.1. The first-order valence-electron chi connectivity index (χ1n) is 6.89. The first-order valence-corrected chi connectivity index (χ1v) is 6.89. The summed E-state index contributed by atoms with van der Waals surface area (Å²) in [6.45, 7) is 2.28. The smallest absolute Gasteiger partial charge is 0.184 e. The van der Waals surface area contributed by atoms with Gasteiger partial charge in [-0.25, -0.2) is 0 Å². The van der Waals surface area contributed by atoms with Gasteiger partial charge in [0.15, 0.2) is 12.6 Å². The molecular formula is C15H20O5. The Morgan fingerprint density at radius 2 is 1.95 bits per heavy atom. The number of fused-ring (bicyclic) bond motifs is 1. The van der Waals surface area contributed by atoms with Crippen molar-refractivity contribution in [3.05, 3.63) is 35.9 Å².